The maximum absolute atomic E-state index is 6.11. The highest BCUT2D eigenvalue weighted by Gasteiger charge is 2.05. The van der Waals surface area contributed by atoms with Gasteiger partial charge in [0.1, 0.15) is 0 Å². The Morgan fingerprint density at radius 3 is 2.65 bits per heavy atom. The molecule has 0 spiro atoms. The first kappa shape index (κ1) is 15.5. The second-order valence-corrected chi connectivity index (χ2v) is 5.60. The van der Waals surface area contributed by atoms with E-state index in [-0.39, 0.29) is 0 Å². The van der Waals surface area contributed by atoms with Gasteiger partial charge < -0.3 is 10.6 Å². The summed E-state index contributed by atoms with van der Waals surface area (Å²) in [6.07, 6.45) is 1.56. The number of hydrogen-bond acceptors (Lipinski definition) is 5. The first-order valence-corrected chi connectivity index (χ1v) is 7.66. The number of hydrogen-bond donors (Lipinski definition) is 2. The Labute approximate surface area is 143 Å². The molecule has 2 aromatic carbocycles. The zero-order valence-electron chi connectivity index (χ0n) is 12.0. The highest BCUT2D eigenvalue weighted by atomic mass is 35.5. The third kappa shape index (κ3) is 4.31. The van der Waals surface area contributed by atoms with Gasteiger partial charge in [0, 0.05) is 11.6 Å². The quantitative estimate of drug-likeness (QED) is 0.710. The monoisotopic (exact) mass is 345 g/mol. The molecule has 0 aliphatic heterocycles. The summed E-state index contributed by atoms with van der Waals surface area (Å²) < 4.78 is 0. The predicted octanol–water partition coefficient (Wildman–Crippen LogP) is 4.53. The molecule has 5 nitrogen and oxygen atoms in total. The number of anilines is 3. The Morgan fingerprint density at radius 2 is 1.83 bits per heavy atom. The fourth-order valence-corrected chi connectivity index (χ4v) is 2.28. The molecule has 0 unspecified atom stereocenters. The van der Waals surface area contributed by atoms with Crippen LogP contribution in [0.5, 0.6) is 0 Å². The molecule has 0 saturated carbocycles. The van der Waals surface area contributed by atoms with E-state index >= 15 is 0 Å². The van der Waals surface area contributed by atoms with Crippen LogP contribution < -0.4 is 10.6 Å². The standard InChI is InChI=1S/C16H13Cl2N5/c17-12-6-7-13(18)14(8-12)21-16-22-15(10-20-23-16)19-9-11-4-2-1-3-5-11/h1-8,10H,9H2,(H2,19,21,22,23). The van der Waals surface area contributed by atoms with Crippen LogP contribution in [-0.2, 0) is 6.54 Å². The van der Waals surface area contributed by atoms with Crippen molar-refractivity contribution in [3.63, 3.8) is 0 Å². The Morgan fingerprint density at radius 1 is 1.00 bits per heavy atom. The zero-order chi connectivity index (χ0) is 16.1. The average Bonchev–Trinajstić information content (AvgIpc) is 2.58. The van der Waals surface area contributed by atoms with Crippen LogP contribution in [0.15, 0.2) is 54.7 Å². The van der Waals surface area contributed by atoms with Crippen LogP contribution in [0.2, 0.25) is 10.0 Å². The zero-order valence-corrected chi connectivity index (χ0v) is 13.5. The van der Waals surface area contributed by atoms with Gasteiger partial charge in [-0.1, -0.05) is 53.5 Å². The van der Waals surface area contributed by atoms with E-state index in [0.29, 0.717) is 34.0 Å². The topological polar surface area (TPSA) is 62.7 Å². The summed E-state index contributed by atoms with van der Waals surface area (Å²) in [5.41, 5.74) is 1.78. The Kier molecular flexibility index (Phi) is 4.90. The fourth-order valence-electron chi connectivity index (χ4n) is 1.94. The average molecular weight is 346 g/mol. The highest BCUT2D eigenvalue weighted by Crippen LogP contribution is 2.27. The van der Waals surface area contributed by atoms with Crippen molar-refractivity contribution in [2.75, 3.05) is 10.6 Å². The maximum Gasteiger partial charge on any atom is 0.249 e. The predicted molar refractivity (Wildman–Crippen MR) is 93.3 cm³/mol. The maximum atomic E-state index is 6.11. The lowest BCUT2D eigenvalue weighted by molar-refractivity contribution is 0.966. The van der Waals surface area contributed by atoms with Crippen LogP contribution in [0.25, 0.3) is 0 Å². The van der Waals surface area contributed by atoms with Crippen LogP contribution in [0.4, 0.5) is 17.5 Å². The molecule has 7 heteroatoms. The van der Waals surface area contributed by atoms with Crippen LogP contribution >= 0.6 is 23.2 Å². The van der Waals surface area contributed by atoms with Gasteiger partial charge in [0.15, 0.2) is 5.82 Å². The van der Waals surface area contributed by atoms with Crippen molar-refractivity contribution in [2.45, 2.75) is 6.54 Å². The molecule has 1 aromatic heterocycles. The number of rotatable bonds is 5. The van der Waals surface area contributed by atoms with Gasteiger partial charge in [-0.05, 0) is 23.8 Å². The Bertz CT molecular complexity index is 795. The summed E-state index contributed by atoms with van der Waals surface area (Å²) in [5, 5.41) is 15.2. The molecule has 0 aliphatic carbocycles. The molecule has 0 atom stereocenters. The van der Waals surface area contributed by atoms with Crippen molar-refractivity contribution in [1.82, 2.24) is 15.2 Å². The van der Waals surface area contributed by atoms with E-state index in [9.17, 15) is 0 Å². The van der Waals surface area contributed by atoms with Gasteiger partial charge in [0.2, 0.25) is 5.95 Å². The molecule has 116 valence electrons. The Balaban J connectivity index is 1.71. The lowest BCUT2D eigenvalue weighted by Crippen LogP contribution is -2.05. The van der Waals surface area contributed by atoms with Crippen LogP contribution in [0.1, 0.15) is 5.56 Å². The van der Waals surface area contributed by atoms with Crippen LogP contribution in [0, 0.1) is 0 Å². The number of benzene rings is 2. The minimum atomic E-state index is 0.340. The molecule has 2 N–H and O–H groups in total. The molecule has 0 fully saturated rings. The van der Waals surface area contributed by atoms with Gasteiger partial charge in [-0.2, -0.15) is 10.1 Å². The fraction of sp³-hybridized carbons (Fsp3) is 0.0625. The number of halogens is 2. The van der Waals surface area contributed by atoms with Crippen LogP contribution in [0.3, 0.4) is 0 Å². The van der Waals surface area contributed by atoms with Crippen molar-refractivity contribution in [2.24, 2.45) is 0 Å². The van der Waals surface area contributed by atoms with Gasteiger partial charge in [-0.15, -0.1) is 5.10 Å². The molecule has 3 aromatic rings. The summed E-state index contributed by atoms with van der Waals surface area (Å²) in [7, 11) is 0. The molecule has 23 heavy (non-hydrogen) atoms. The minimum absolute atomic E-state index is 0.340. The van der Waals surface area contributed by atoms with Gasteiger partial charge in [0.25, 0.3) is 0 Å². The van der Waals surface area contributed by atoms with Gasteiger partial charge in [-0.25, -0.2) is 0 Å². The van der Waals surface area contributed by atoms with Crippen LogP contribution in [-0.4, -0.2) is 15.2 Å². The second-order valence-electron chi connectivity index (χ2n) is 4.75. The lowest BCUT2D eigenvalue weighted by Gasteiger charge is -2.09. The summed E-state index contributed by atoms with van der Waals surface area (Å²) in [6.45, 7) is 0.650. The molecule has 1 heterocycles. The number of nitrogens with zero attached hydrogens (tertiary/aromatic N) is 3. The summed E-state index contributed by atoms with van der Waals surface area (Å²) in [4.78, 5) is 4.36. The lowest BCUT2D eigenvalue weighted by atomic mass is 10.2. The van der Waals surface area contributed by atoms with E-state index < -0.39 is 0 Å². The molecule has 0 saturated heterocycles. The molecule has 0 aliphatic rings. The second kappa shape index (κ2) is 7.26. The molecule has 3 rings (SSSR count). The van der Waals surface area contributed by atoms with E-state index in [4.69, 9.17) is 23.2 Å². The molecule has 0 bridgehead atoms. The first-order valence-electron chi connectivity index (χ1n) is 6.90. The molecule has 0 amide bonds. The van der Waals surface area contributed by atoms with Gasteiger partial charge in [0.05, 0.1) is 16.9 Å². The minimum Gasteiger partial charge on any atom is -0.365 e. The van der Waals surface area contributed by atoms with Crippen molar-refractivity contribution in [1.29, 1.82) is 0 Å². The summed E-state index contributed by atoms with van der Waals surface area (Å²) in [6, 6.07) is 15.2. The molecule has 0 radical (unpaired) electrons. The van der Waals surface area contributed by atoms with Gasteiger partial charge in [-0.3, -0.25) is 0 Å². The highest BCUT2D eigenvalue weighted by molar-refractivity contribution is 6.35. The van der Waals surface area contributed by atoms with Crippen molar-refractivity contribution in [3.05, 3.63) is 70.3 Å². The number of nitrogens with one attached hydrogen (secondary N) is 2. The SMILES string of the molecule is Clc1ccc(Cl)c(Nc2nncc(NCc3ccccc3)n2)c1. The van der Waals surface area contributed by atoms with E-state index in [1.54, 1.807) is 24.4 Å². The third-order valence-corrected chi connectivity index (χ3v) is 3.61. The summed E-state index contributed by atoms with van der Waals surface area (Å²) in [5.74, 6) is 0.955. The smallest absolute Gasteiger partial charge is 0.249 e. The van der Waals surface area contributed by atoms with E-state index in [2.05, 4.69) is 25.8 Å². The normalized spacial score (nSPS) is 10.3. The third-order valence-electron chi connectivity index (χ3n) is 3.05. The molecular formula is C16H13Cl2N5. The molecular weight excluding hydrogens is 333 g/mol. The van der Waals surface area contributed by atoms with E-state index in [1.807, 2.05) is 30.3 Å². The first-order chi connectivity index (χ1) is 11.2. The van der Waals surface area contributed by atoms with E-state index in [1.165, 1.54) is 0 Å². The number of aromatic nitrogens is 3. The van der Waals surface area contributed by atoms with Crippen molar-refractivity contribution in [3.8, 4) is 0 Å². The van der Waals surface area contributed by atoms with Crippen molar-refractivity contribution < 1.29 is 0 Å². The Hall–Kier alpha value is -2.37. The van der Waals surface area contributed by atoms with E-state index in [0.717, 1.165) is 5.56 Å². The van der Waals surface area contributed by atoms with Gasteiger partial charge >= 0.3 is 0 Å². The van der Waals surface area contributed by atoms with Crippen molar-refractivity contribution >= 4 is 40.7 Å². The summed E-state index contributed by atoms with van der Waals surface area (Å²) >= 11 is 12.1. The largest absolute Gasteiger partial charge is 0.365 e.